The third-order valence-corrected chi connectivity index (χ3v) is 1.79. The van der Waals surface area contributed by atoms with Gasteiger partial charge in [-0.2, -0.15) is 0 Å². The third-order valence-electron chi connectivity index (χ3n) is 1.79. The molecule has 0 atom stereocenters. The number of hydrogen-bond acceptors (Lipinski definition) is 3. The van der Waals surface area contributed by atoms with E-state index in [0.29, 0.717) is 5.69 Å². The molecule has 0 aliphatic heterocycles. The molecule has 0 aliphatic rings. The largest absolute Gasteiger partial charge is 0.480 e. The number of nitrogens with one attached hydrogen (secondary N) is 2. The van der Waals surface area contributed by atoms with Crippen LogP contribution in [0.4, 0.5) is 10.5 Å². The maximum atomic E-state index is 11.1. The lowest BCUT2D eigenvalue weighted by molar-refractivity contribution is -0.135. The second-order valence-corrected chi connectivity index (χ2v) is 3.08. The Morgan fingerprint density at radius 1 is 1.06 bits per heavy atom. The van der Waals surface area contributed by atoms with E-state index in [1.807, 2.05) is 0 Å². The molecule has 4 N–H and O–H groups in total. The van der Waals surface area contributed by atoms with Crippen molar-refractivity contribution in [1.82, 2.24) is 5.32 Å². The molecule has 0 saturated heterocycles. The van der Waals surface area contributed by atoms with Crippen LogP contribution in [0.15, 0.2) is 24.3 Å². The first-order chi connectivity index (χ1) is 7.99. The first-order valence-corrected chi connectivity index (χ1v) is 4.59. The van der Waals surface area contributed by atoms with Gasteiger partial charge in [-0.05, 0) is 24.3 Å². The van der Waals surface area contributed by atoms with Gasteiger partial charge in [0.25, 0.3) is 0 Å². The van der Waals surface area contributed by atoms with Crippen molar-refractivity contribution >= 4 is 23.7 Å². The zero-order valence-electron chi connectivity index (χ0n) is 8.64. The Balaban J connectivity index is 2.54. The molecule has 0 aromatic heterocycles. The zero-order chi connectivity index (χ0) is 12.8. The summed E-state index contributed by atoms with van der Waals surface area (Å²) >= 11 is 0. The van der Waals surface area contributed by atoms with Crippen molar-refractivity contribution in [3.8, 4) is 0 Å². The molecule has 7 nitrogen and oxygen atoms in total. The van der Waals surface area contributed by atoms with Gasteiger partial charge >= 0.3 is 18.0 Å². The number of carbonyl (C=O) groups excluding carboxylic acids is 1. The molecular weight excluding hydrogens is 228 g/mol. The number of urea groups is 1. The Bertz CT molecular complexity index is 441. The van der Waals surface area contributed by atoms with E-state index in [1.165, 1.54) is 24.3 Å². The monoisotopic (exact) mass is 238 g/mol. The quantitative estimate of drug-likeness (QED) is 0.612. The Labute approximate surface area is 96.1 Å². The van der Waals surface area contributed by atoms with Crippen LogP contribution in [0.2, 0.25) is 0 Å². The van der Waals surface area contributed by atoms with Crippen LogP contribution < -0.4 is 10.6 Å². The summed E-state index contributed by atoms with van der Waals surface area (Å²) in [5.41, 5.74) is 0.472. The molecule has 0 fully saturated rings. The van der Waals surface area contributed by atoms with Gasteiger partial charge in [0.15, 0.2) is 0 Å². The highest BCUT2D eigenvalue weighted by atomic mass is 16.4. The van der Waals surface area contributed by atoms with Gasteiger partial charge in [-0.25, -0.2) is 9.59 Å². The van der Waals surface area contributed by atoms with E-state index in [2.05, 4.69) is 10.6 Å². The van der Waals surface area contributed by atoms with Crippen molar-refractivity contribution in [3.05, 3.63) is 29.8 Å². The molecule has 1 aromatic carbocycles. The lowest BCUT2D eigenvalue weighted by Crippen LogP contribution is -2.33. The number of amides is 2. The predicted octanol–water partition coefficient (Wildman–Crippen LogP) is 0.591. The Morgan fingerprint density at radius 2 is 1.65 bits per heavy atom. The lowest BCUT2D eigenvalue weighted by atomic mass is 10.2. The highest BCUT2D eigenvalue weighted by Gasteiger charge is 2.05. The van der Waals surface area contributed by atoms with Crippen molar-refractivity contribution in [1.29, 1.82) is 0 Å². The fourth-order valence-electron chi connectivity index (χ4n) is 1.03. The molecular formula is C10H10N2O5. The van der Waals surface area contributed by atoms with Gasteiger partial charge in [0.2, 0.25) is 0 Å². The summed E-state index contributed by atoms with van der Waals surface area (Å²) in [5.74, 6) is -2.21. The number of rotatable bonds is 4. The van der Waals surface area contributed by atoms with Gasteiger partial charge < -0.3 is 20.8 Å². The number of benzene rings is 1. The van der Waals surface area contributed by atoms with Crippen molar-refractivity contribution in [2.45, 2.75) is 0 Å². The fourth-order valence-corrected chi connectivity index (χ4v) is 1.03. The first kappa shape index (κ1) is 12.5. The standard InChI is InChI=1S/C10H10N2O5/c13-8(14)5-11-10(17)12-7-3-1-6(2-4-7)9(15)16/h1-4H,5H2,(H,13,14)(H,15,16)(H2,11,12,17). The van der Waals surface area contributed by atoms with E-state index >= 15 is 0 Å². The summed E-state index contributed by atoms with van der Waals surface area (Å²) in [5, 5.41) is 21.4. The lowest BCUT2D eigenvalue weighted by Gasteiger charge is -2.05. The predicted molar refractivity (Wildman–Crippen MR) is 58.1 cm³/mol. The molecule has 7 heteroatoms. The minimum absolute atomic E-state index is 0.0986. The molecule has 2 amide bonds. The van der Waals surface area contributed by atoms with Crippen LogP contribution in [0, 0.1) is 0 Å². The molecule has 90 valence electrons. The number of anilines is 1. The van der Waals surface area contributed by atoms with Crippen LogP contribution >= 0.6 is 0 Å². The van der Waals surface area contributed by atoms with Gasteiger partial charge in [0, 0.05) is 5.69 Å². The molecule has 0 unspecified atom stereocenters. The molecule has 0 spiro atoms. The van der Waals surface area contributed by atoms with E-state index < -0.39 is 24.5 Å². The topological polar surface area (TPSA) is 116 Å². The smallest absolute Gasteiger partial charge is 0.335 e. The van der Waals surface area contributed by atoms with Crippen LogP contribution in [-0.2, 0) is 4.79 Å². The van der Waals surface area contributed by atoms with Crippen LogP contribution in [0.3, 0.4) is 0 Å². The molecule has 0 bridgehead atoms. The summed E-state index contributed by atoms with van der Waals surface area (Å²) in [6.07, 6.45) is 0. The second kappa shape index (κ2) is 5.50. The molecule has 0 radical (unpaired) electrons. The van der Waals surface area contributed by atoms with Gasteiger partial charge in [0.1, 0.15) is 6.54 Å². The first-order valence-electron chi connectivity index (χ1n) is 4.59. The molecule has 0 aliphatic carbocycles. The average molecular weight is 238 g/mol. The van der Waals surface area contributed by atoms with E-state index in [-0.39, 0.29) is 5.56 Å². The van der Waals surface area contributed by atoms with Crippen LogP contribution in [0.25, 0.3) is 0 Å². The maximum absolute atomic E-state index is 11.1. The molecule has 17 heavy (non-hydrogen) atoms. The van der Waals surface area contributed by atoms with Crippen molar-refractivity contribution in [2.24, 2.45) is 0 Å². The fraction of sp³-hybridized carbons (Fsp3) is 0.100. The van der Waals surface area contributed by atoms with Crippen molar-refractivity contribution in [3.63, 3.8) is 0 Å². The van der Waals surface area contributed by atoms with Crippen molar-refractivity contribution in [2.75, 3.05) is 11.9 Å². The van der Waals surface area contributed by atoms with E-state index in [9.17, 15) is 14.4 Å². The van der Waals surface area contributed by atoms with Gasteiger partial charge in [0.05, 0.1) is 5.56 Å². The van der Waals surface area contributed by atoms with Gasteiger partial charge in [-0.15, -0.1) is 0 Å². The van der Waals surface area contributed by atoms with Gasteiger partial charge in [-0.3, -0.25) is 4.79 Å². The Hall–Kier alpha value is -2.57. The number of carbonyl (C=O) groups is 3. The Kier molecular flexibility index (Phi) is 4.04. The number of hydrogen-bond donors (Lipinski definition) is 4. The summed E-state index contributed by atoms with van der Waals surface area (Å²) in [4.78, 5) is 31.8. The van der Waals surface area contributed by atoms with Crippen LogP contribution in [-0.4, -0.2) is 34.7 Å². The molecule has 1 aromatic rings. The van der Waals surface area contributed by atoms with Crippen LogP contribution in [0.1, 0.15) is 10.4 Å². The molecule has 0 saturated carbocycles. The van der Waals surface area contributed by atoms with E-state index in [1.54, 1.807) is 0 Å². The zero-order valence-corrected chi connectivity index (χ0v) is 8.64. The normalized spacial score (nSPS) is 9.41. The SMILES string of the molecule is O=C(O)CNC(=O)Nc1ccc(C(=O)O)cc1. The summed E-state index contributed by atoms with van der Waals surface area (Å²) < 4.78 is 0. The number of carboxylic acids is 2. The summed E-state index contributed by atoms with van der Waals surface area (Å²) in [7, 11) is 0. The van der Waals surface area contributed by atoms with Crippen LogP contribution in [0.5, 0.6) is 0 Å². The van der Waals surface area contributed by atoms with E-state index in [4.69, 9.17) is 10.2 Å². The summed E-state index contributed by atoms with van der Waals surface area (Å²) in [6.45, 7) is -0.487. The minimum atomic E-state index is -1.15. The van der Waals surface area contributed by atoms with E-state index in [0.717, 1.165) is 0 Å². The average Bonchev–Trinajstić information content (AvgIpc) is 2.27. The second-order valence-electron chi connectivity index (χ2n) is 3.08. The number of aromatic carboxylic acids is 1. The van der Waals surface area contributed by atoms with Crippen molar-refractivity contribution < 1.29 is 24.6 Å². The maximum Gasteiger partial charge on any atom is 0.335 e. The highest BCUT2D eigenvalue weighted by Crippen LogP contribution is 2.09. The number of aliphatic carboxylic acids is 1. The molecule has 1 rings (SSSR count). The molecule has 0 heterocycles. The highest BCUT2D eigenvalue weighted by molar-refractivity contribution is 5.92. The summed E-state index contributed by atoms with van der Waals surface area (Å²) in [6, 6.07) is 4.80. The third kappa shape index (κ3) is 4.20. The number of carboxylic acid groups (broad SMARTS) is 2. The minimum Gasteiger partial charge on any atom is -0.480 e. The van der Waals surface area contributed by atoms with Gasteiger partial charge in [-0.1, -0.05) is 0 Å². The Morgan fingerprint density at radius 3 is 2.12 bits per heavy atom.